The number of rotatable bonds is 5. The Kier molecular flexibility index (Phi) is 5.24. The van der Waals surface area contributed by atoms with Crippen LogP contribution in [-0.2, 0) is 10.9 Å². The zero-order valence-electron chi connectivity index (χ0n) is 18.6. The van der Waals surface area contributed by atoms with Crippen LogP contribution in [0.4, 0.5) is 19.0 Å². The predicted molar refractivity (Wildman–Crippen MR) is 115 cm³/mol. The second kappa shape index (κ2) is 7.73. The number of likely N-dealkylation sites (tertiary alicyclic amines) is 1. The normalized spacial score (nSPS) is 30.3. The summed E-state index contributed by atoms with van der Waals surface area (Å²) >= 11 is 0. The fraction of sp³-hybridized carbons (Fsp3) is 0.652. The molecule has 9 heteroatoms. The minimum absolute atomic E-state index is 0.126. The van der Waals surface area contributed by atoms with E-state index in [0.29, 0.717) is 41.2 Å². The van der Waals surface area contributed by atoms with Gasteiger partial charge in [0, 0.05) is 55.7 Å². The molecule has 0 aromatic carbocycles. The molecule has 5 atom stereocenters. The number of halogens is 3. The number of pyridine rings is 1. The Labute approximate surface area is 185 Å². The van der Waals surface area contributed by atoms with E-state index < -0.39 is 17.6 Å². The third kappa shape index (κ3) is 3.69. The highest BCUT2D eigenvalue weighted by molar-refractivity contribution is 5.63. The Morgan fingerprint density at radius 2 is 1.91 bits per heavy atom. The zero-order chi connectivity index (χ0) is 22.8. The Morgan fingerprint density at radius 3 is 2.50 bits per heavy atom. The van der Waals surface area contributed by atoms with Crippen LogP contribution >= 0.6 is 0 Å². The Bertz CT molecular complexity index is 992. The quantitative estimate of drug-likeness (QED) is 0.736. The second-order valence-electron chi connectivity index (χ2n) is 9.77. The molecule has 1 saturated heterocycles. The molecule has 2 aromatic heterocycles. The lowest BCUT2D eigenvalue weighted by Gasteiger charge is -2.26. The SMILES string of the molecule is CO[C@H]1CCN(C2C[C@@H]3[C@H](C2)[C@H]3c2cc(-c3cnc(N)c(C(F)(F)F)c3)nn2C(C)C)C1. The molecule has 6 nitrogen and oxygen atoms in total. The lowest BCUT2D eigenvalue weighted by atomic mass is 10.0. The number of aromatic nitrogens is 3. The highest BCUT2D eigenvalue weighted by Gasteiger charge is 2.59. The molecule has 2 aliphatic carbocycles. The number of anilines is 1. The topological polar surface area (TPSA) is 69.2 Å². The van der Waals surface area contributed by atoms with Crippen LogP contribution in [0.5, 0.6) is 0 Å². The monoisotopic (exact) mass is 449 g/mol. The molecule has 0 amide bonds. The molecule has 2 N–H and O–H groups in total. The van der Waals surface area contributed by atoms with E-state index in [1.165, 1.54) is 19.0 Å². The smallest absolute Gasteiger partial charge is 0.383 e. The maximum atomic E-state index is 13.3. The number of hydrogen-bond acceptors (Lipinski definition) is 5. The summed E-state index contributed by atoms with van der Waals surface area (Å²) in [6.07, 6.45) is 0.632. The summed E-state index contributed by atoms with van der Waals surface area (Å²) in [6.45, 7) is 6.23. The molecular weight excluding hydrogens is 419 g/mol. The van der Waals surface area contributed by atoms with Gasteiger partial charge < -0.3 is 10.5 Å². The van der Waals surface area contributed by atoms with E-state index in [1.807, 2.05) is 10.7 Å². The van der Waals surface area contributed by atoms with Gasteiger partial charge in [-0.15, -0.1) is 0 Å². The van der Waals surface area contributed by atoms with Gasteiger partial charge >= 0.3 is 6.18 Å². The van der Waals surface area contributed by atoms with E-state index in [2.05, 4.69) is 28.8 Å². The van der Waals surface area contributed by atoms with Gasteiger partial charge in [-0.1, -0.05) is 0 Å². The molecule has 1 aliphatic heterocycles. The van der Waals surface area contributed by atoms with Crippen molar-refractivity contribution in [1.82, 2.24) is 19.7 Å². The van der Waals surface area contributed by atoms with Crippen LogP contribution in [0.3, 0.4) is 0 Å². The molecule has 0 radical (unpaired) electrons. The van der Waals surface area contributed by atoms with Crippen LogP contribution in [0.2, 0.25) is 0 Å². The first-order valence-electron chi connectivity index (χ1n) is 11.4. The molecule has 0 spiro atoms. The van der Waals surface area contributed by atoms with Gasteiger partial charge in [0.15, 0.2) is 0 Å². The van der Waals surface area contributed by atoms with E-state index in [1.54, 1.807) is 7.11 Å². The molecule has 32 heavy (non-hydrogen) atoms. The lowest BCUT2D eigenvalue weighted by molar-refractivity contribution is -0.137. The molecule has 3 aliphatic rings. The van der Waals surface area contributed by atoms with Gasteiger partial charge in [-0.3, -0.25) is 9.58 Å². The van der Waals surface area contributed by atoms with Gasteiger partial charge in [-0.2, -0.15) is 18.3 Å². The molecule has 1 unspecified atom stereocenters. The number of nitrogen functional groups attached to an aromatic ring is 1. The van der Waals surface area contributed by atoms with Gasteiger partial charge in [-0.25, -0.2) is 4.98 Å². The number of fused-ring (bicyclic) bond motifs is 1. The summed E-state index contributed by atoms with van der Waals surface area (Å²) in [7, 11) is 1.79. The standard InChI is InChI=1S/C23H30F3N5O/c1-12(2)31-20(9-19(29-31)13-6-18(23(24,25)26)22(27)28-10-13)21-16-7-14(8-17(16)21)30-5-4-15(11-30)32-3/h6,9-10,12,14-17,21H,4-5,7-8,11H2,1-3H3,(H2,27,28)/t14?,15-,16-,17+,21+/m0/s1. The average molecular weight is 450 g/mol. The van der Waals surface area contributed by atoms with Crippen molar-refractivity contribution in [2.75, 3.05) is 25.9 Å². The van der Waals surface area contributed by atoms with Crippen LogP contribution in [0.1, 0.15) is 56.3 Å². The first-order valence-corrected chi connectivity index (χ1v) is 11.4. The second-order valence-corrected chi connectivity index (χ2v) is 9.77. The van der Waals surface area contributed by atoms with E-state index in [9.17, 15) is 13.2 Å². The average Bonchev–Trinajstić information content (AvgIpc) is 3.22. The van der Waals surface area contributed by atoms with Crippen molar-refractivity contribution in [2.24, 2.45) is 11.8 Å². The molecule has 5 rings (SSSR count). The zero-order valence-corrected chi connectivity index (χ0v) is 18.6. The third-order valence-corrected chi connectivity index (χ3v) is 7.56. The number of ether oxygens (including phenoxy) is 1. The van der Waals surface area contributed by atoms with Crippen LogP contribution in [0.15, 0.2) is 18.3 Å². The maximum Gasteiger partial charge on any atom is 0.419 e. The first kappa shape index (κ1) is 21.7. The predicted octanol–water partition coefficient (Wildman–Crippen LogP) is 4.34. The molecule has 0 bridgehead atoms. The molecular formula is C23H30F3N5O. The highest BCUT2D eigenvalue weighted by Crippen LogP contribution is 2.64. The Morgan fingerprint density at radius 1 is 1.19 bits per heavy atom. The Balaban J connectivity index is 1.36. The van der Waals surface area contributed by atoms with E-state index in [0.717, 1.165) is 31.3 Å². The first-order chi connectivity index (χ1) is 15.2. The van der Waals surface area contributed by atoms with E-state index in [-0.39, 0.29) is 6.04 Å². The van der Waals surface area contributed by atoms with Crippen molar-refractivity contribution >= 4 is 5.82 Å². The fourth-order valence-corrected chi connectivity index (χ4v) is 5.88. The summed E-state index contributed by atoms with van der Waals surface area (Å²) in [4.78, 5) is 6.35. The van der Waals surface area contributed by atoms with Gasteiger partial charge in [0.05, 0.1) is 17.4 Å². The van der Waals surface area contributed by atoms with Crippen molar-refractivity contribution in [2.45, 2.75) is 63.4 Å². The molecule has 2 saturated carbocycles. The van der Waals surface area contributed by atoms with Crippen molar-refractivity contribution in [3.05, 3.63) is 29.6 Å². The van der Waals surface area contributed by atoms with Crippen molar-refractivity contribution in [3.63, 3.8) is 0 Å². The summed E-state index contributed by atoms with van der Waals surface area (Å²) < 4.78 is 47.4. The molecule has 174 valence electrons. The van der Waals surface area contributed by atoms with Crippen LogP contribution in [0.25, 0.3) is 11.3 Å². The molecule has 3 fully saturated rings. The van der Waals surface area contributed by atoms with E-state index >= 15 is 0 Å². The molecule has 2 aromatic rings. The van der Waals surface area contributed by atoms with Crippen LogP contribution in [-0.4, -0.2) is 52.0 Å². The number of methoxy groups -OCH3 is 1. The fourth-order valence-electron chi connectivity index (χ4n) is 5.88. The Hall–Kier alpha value is -2.13. The molecule has 3 heterocycles. The minimum atomic E-state index is -4.55. The number of hydrogen-bond donors (Lipinski definition) is 1. The van der Waals surface area contributed by atoms with Crippen molar-refractivity contribution in [1.29, 1.82) is 0 Å². The largest absolute Gasteiger partial charge is 0.419 e. The van der Waals surface area contributed by atoms with Crippen LogP contribution in [0, 0.1) is 11.8 Å². The van der Waals surface area contributed by atoms with Crippen molar-refractivity contribution in [3.8, 4) is 11.3 Å². The minimum Gasteiger partial charge on any atom is -0.383 e. The third-order valence-electron chi connectivity index (χ3n) is 7.56. The maximum absolute atomic E-state index is 13.3. The van der Waals surface area contributed by atoms with Crippen molar-refractivity contribution < 1.29 is 17.9 Å². The van der Waals surface area contributed by atoms with Gasteiger partial charge in [0.2, 0.25) is 0 Å². The summed E-state index contributed by atoms with van der Waals surface area (Å²) in [5, 5.41) is 4.68. The number of nitrogens with two attached hydrogens (primary N) is 1. The summed E-state index contributed by atoms with van der Waals surface area (Å²) in [6, 6.07) is 3.76. The van der Waals surface area contributed by atoms with E-state index in [4.69, 9.17) is 10.5 Å². The number of nitrogens with zero attached hydrogens (tertiary/aromatic N) is 4. The summed E-state index contributed by atoms with van der Waals surface area (Å²) in [5.74, 6) is 1.17. The van der Waals surface area contributed by atoms with Gasteiger partial charge in [0.25, 0.3) is 0 Å². The van der Waals surface area contributed by atoms with Crippen LogP contribution < -0.4 is 5.73 Å². The lowest BCUT2D eigenvalue weighted by Crippen LogP contribution is -2.33. The number of alkyl halides is 3. The summed E-state index contributed by atoms with van der Waals surface area (Å²) in [5.41, 5.74) is 6.56. The van der Waals surface area contributed by atoms with Gasteiger partial charge in [-0.05, 0) is 57.1 Å². The highest BCUT2D eigenvalue weighted by atomic mass is 19.4. The van der Waals surface area contributed by atoms with Gasteiger partial charge in [0.1, 0.15) is 5.82 Å².